The predicted molar refractivity (Wildman–Crippen MR) is 88.5 cm³/mol. The predicted octanol–water partition coefficient (Wildman–Crippen LogP) is 3.43. The molecule has 1 rings (SSSR count). The zero-order valence-electron chi connectivity index (χ0n) is 12.5. The van der Waals surface area contributed by atoms with Gasteiger partial charge in [-0.1, -0.05) is 44.0 Å². The second-order valence-corrected chi connectivity index (χ2v) is 7.78. The zero-order chi connectivity index (χ0) is 16.0. The van der Waals surface area contributed by atoms with Crippen LogP contribution in [0.3, 0.4) is 0 Å². The smallest absolute Gasteiger partial charge is 0.242 e. The molecule has 0 amide bonds. The first-order valence-corrected chi connectivity index (χ1v) is 9.20. The monoisotopic (exact) mass is 352 g/mol. The van der Waals surface area contributed by atoms with Crippen molar-refractivity contribution in [3.05, 3.63) is 27.7 Å². The van der Waals surface area contributed by atoms with Crippen molar-refractivity contribution in [2.75, 3.05) is 13.1 Å². The largest absolute Gasteiger partial charge is 0.313 e. The molecule has 1 aromatic rings. The SMILES string of the molecule is CCNCc1cc(S(=O)(=O)NCCC(C)C)c(Cl)cc1Cl. The molecule has 120 valence electrons. The lowest BCUT2D eigenvalue weighted by atomic mass is 10.1. The number of benzene rings is 1. The molecule has 0 unspecified atom stereocenters. The van der Waals surface area contributed by atoms with Gasteiger partial charge in [0.05, 0.1) is 5.02 Å². The molecule has 0 aliphatic rings. The Hall–Kier alpha value is -0.330. The molecule has 0 aliphatic carbocycles. The molecular weight excluding hydrogens is 331 g/mol. The Balaban J connectivity index is 2.99. The van der Waals surface area contributed by atoms with Gasteiger partial charge in [0, 0.05) is 18.1 Å². The first-order valence-electron chi connectivity index (χ1n) is 6.96. The van der Waals surface area contributed by atoms with Gasteiger partial charge in [0.15, 0.2) is 0 Å². The molecular formula is C14H22Cl2N2O2S. The minimum Gasteiger partial charge on any atom is -0.313 e. The lowest BCUT2D eigenvalue weighted by Crippen LogP contribution is -2.26. The van der Waals surface area contributed by atoms with Gasteiger partial charge in [0.1, 0.15) is 4.90 Å². The van der Waals surface area contributed by atoms with E-state index in [4.69, 9.17) is 23.2 Å². The second-order valence-electron chi connectivity index (χ2n) is 5.23. The van der Waals surface area contributed by atoms with Crippen LogP contribution in [0.4, 0.5) is 0 Å². The van der Waals surface area contributed by atoms with Crippen molar-refractivity contribution >= 4 is 33.2 Å². The van der Waals surface area contributed by atoms with E-state index < -0.39 is 10.0 Å². The Bertz CT molecular complexity index is 575. The van der Waals surface area contributed by atoms with Gasteiger partial charge in [-0.15, -0.1) is 0 Å². The van der Waals surface area contributed by atoms with Crippen molar-refractivity contribution in [2.45, 2.75) is 38.6 Å². The van der Waals surface area contributed by atoms with E-state index in [0.29, 0.717) is 29.6 Å². The minimum atomic E-state index is -3.62. The van der Waals surface area contributed by atoms with E-state index in [1.54, 1.807) is 0 Å². The highest BCUT2D eigenvalue weighted by molar-refractivity contribution is 7.89. The quantitative estimate of drug-likeness (QED) is 0.753. The Morgan fingerprint density at radius 3 is 2.43 bits per heavy atom. The molecule has 0 spiro atoms. The van der Waals surface area contributed by atoms with Gasteiger partial charge in [0.25, 0.3) is 0 Å². The molecule has 0 radical (unpaired) electrons. The number of nitrogens with one attached hydrogen (secondary N) is 2. The van der Waals surface area contributed by atoms with Gasteiger partial charge in [-0.3, -0.25) is 0 Å². The standard InChI is InChI=1S/C14H22Cl2N2O2S/c1-4-17-9-11-7-14(13(16)8-12(11)15)21(19,20)18-6-5-10(2)3/h7-8,10,17-18H,4-6,9H2,1-3H3. The maximum atomic E-state index is 12.3. The molecule has 0 aliphatic heterocycles. The Labute approximate surface area is 137 Å². The van der Waals surface area contributed by atoms with E-state index >= 15 is 0 Å². The van der Waals surface area contributed by atoms with Gasteiger partial charge in [0.2, 0.25) is 10.0 Å². The van der Waals surface area contributed by atoms with Crippen LogP contribution in [0.1, 0.15) is 32.8 Å². The number of halogens is 2. The van der Waals surface area contributed by atoms with Crippen LogP contribution in [-0.4, -0.2) is 21.5 Å². The number of sulfonamides is 1. The van der Waals surface area contributed by atoms with Crippen LogP contribution in [0.5, 0.6) is 0 Å². The molecule has 0 bridgehead atoms. The van der Waals surface area contributed by atoms with E-state index in [9.17, 15) is 8.42 Å². The van der Waals surface area contributed by atoms with E-state index in [1.807, 2.05) is 20.8 Å². The summed E-state index contributed by atoms with van der Waals surface area (Å²) in [5.41, 5.74) is 0.715. The van der Waals surface area contributed by atoms with Crippen LogP contribution >= 0.6 is 23.2 Å². The summed E-state index contributed by atoms with van der Waals surface area (Å²) in [5.74, 6) is 0.428. The third-order valence-electron chi connectivity index (χ3n) is 2.97. The second kappa shape index (κ2) is 8.34. The molecule has 0 heterocycles. The van der Waals surface area contributed by atoms with Crippen molar-refractivity contribution < 1.29 is 8.42 Å². The average Bonchev–Trinajstić information content (AvgIpc) is 2.36. The summed E-state index contributed by atoms with van der Waals surface area (Å²) in [7, 11) is -3.62. The summed E-state index contributed by atoms with van der Waals surface area (Å²) in [6.07, 6.45) is 0.773. The van der Waals surface area contributed by atoms with Crippen molar-refractivity contribution in [2.24, 2.45) is 5.92 Å². The van der Waals surface area contributed by atoms with E-state index in [2.05, 4.69) is 10.0 Å². The zero-order valence-corrected chi connectivity index (χ0v) is 14.9. The van der Waals surface area contributed by atoms with Crippen molar-refractivity contribution in [3.8, 4) is 0 Å². The Morgan fingerprint density at radius 1 is 1.19 bits per heavy atom. The molecule has 0 aromatic heterocycles. The van der Waals surface area contributed by atoms with Gasteiger partial charge < -0.3 is 5.32 Å². The summed E-state index contributed by atoms with van der Waals surface area (Å²) < 4.78 is 27.2. The number of hydrogen-bond acceptors (Lipinski definition) is 3. The third-order valence-corrected chi connectivity index (χ3v) is 5.25. The molecule has 21 heavy (non-hydrogen) atoms. The summed E-state index contributed by atoms with van der Waals surface area (Å²) in [6.45, 7) is 7.71. The molecule has 7 heteroatoms. The van der Waals surface area contributed by atoms with E-state index in [0.717, 1.165) is 13.0 Å². The van der Waals surface area contributed by atoms with Crippen molar-refractivity contribution in [1.82, 2.24) is 10.0 Å². The Kier molecular flexibility index (Phi) is 7.44. The fraction of sp³-hybridized carbons (Fsp3) is 0.571. The number of rotatable bonds is 8. The molecule has 0 saturated heterocycles. The lowest BCUT2D eigenvalue weighted by molar-refractivity contribution is 0.551. The molecule has 2 N–H and O–H groups in total. The normalized spacial score (nSPS) is 12.1. The van der Waals surface area contributed by atoms with E-state index in [1.165, 1.54) is 12.1 Å². The van der Waals surface area contributed by atoms with Gasteiger partial charge in [-0.05, 0) is 36.6 Å². The van der Waals surface area contributed by atoms with Crippen LogP contribution in [0.25, 0.3) is 0 Å². The van der Waals surface area contributed by atoms with Crippen LogP contribution in [-0.2, 0) is 16.6 Å². The summed E-state index contributed by atoms with van der Waals surface area (Å²) >= 11 is 12.1. The number of hydrogen-bond donors (Lipinski definition) is 2. The molecule has 1 aromatic carbocycles. The molecule has 0 saturated carbocycles. The fourth-order valence-corrected chi connectivity index (χ4v) is 3.64. The van der Waals surface area contributed by atoms with Crippen molar-refractivity contribution in [3.63, 3.8) is 0 Å². The molecule has 0 atom stereocenters. The van der Waals surface area contributed by atoms with Crippen LogP contribution < -0.4 is 10.0 Å². The fourth-order valence-electron chi connectivity index (χ4n) is 1.73. The summed E-state index contributed by atoms with van der Waals surface area (Å²) in [4.78, 5) is 0.0743. The topological polar surface area (TPSA) is 58.2 Å². The van der Waals surface area contributed by atoms with E-state index in [-0.39, 0.29) is 9.92 Å². The lowest BCUT2D eigenvalue weighted by Gasteiger charge is -2.12. The highest BCUT2D eigenvalue weighted by Gasteiger charge is 2.19. The average molecular weight is 353 g/mol. The highest BCUT2D eigenvalue weighted by atomic mass is 35.5. The van der Waals surface area contributed by atoms with Crippen LogP contribution in [0, 0.1) is 5.92 Å². The maximum Gasteiger partial charge on any atom is 0.242 e. The first kappa shape index (κ1) is 18.7. The minimum absolute atomic E-state index is 0.0743. The summed E-state index contributed by atoms with van der Waals surface area (Å²) in [5, 5.41) is 3.72. The third kappa shape index (κ3) is 5.75. The Morgan fingerprint density at radius 2 is 1.86 bits per heavy atom. The molecule has 4 nitrogen and oxygen atoms in total. The highest BCUT2D eigenvalue weighted by Crippen LogP contribution is 2.28. The van der Waals surface area contributed by atoms with Crippen molar-refractivity contribution in [1.29, 1.82) is 0 Å². The van der Waals surface area contributed by atoms with Gasteiger partial charge in [-0.25, -0.2) is 13.1 Å². The van der Waals surface area contributed by atoms with Crippen LogP contribution in [0.15, 0.2) is 17.0 Å². The molecule has 0 fully saturated rings. The van der Waals surface area contributed by atoms with Gasteiger partial charge in [-0.2, -0.15) is 0 Å². The maximum absolute atomic E-state index is 12.3. The van der Waals surface area contributed by atoms with Crippen LogP contribution in [0.2, 0.25) is 10.0 Å². The summed E-state index contributed by atoms with van der Waals surface area (Å²) in [6, 6.07) is 3.01. The van der Waals surface area contributed by atoms with Gasteiger partial charge >= 0.3 is 0 Å². The first-order chi connectivity index (χ1) is 9.77.